The van der Waals surface area contributed by atoms with Crippen molar-refractivity contribution in [3.8, 4) is 5.75 Å². The molecular formula is C14H17NO3S. The van der Waals surface area contributed by atoms with E-state index in [1.807, 2.05) is 13.0 Å². The number of carbonyl (C=O) groups excluding carboxylic acids is 2. The molecule has 0 saturated carbocycles. The van der Waals surface area contributed by atoms with Gasteiger partial charge in [-0.1, -0.05) is 11.8 Å². The van der Waals surface area contributed by atoms with Crippen LogP contribution in [0.25, 0.3) is 0 Å². The van der Waals surface area contributed by atoms with E-state index < -0.39 is 0 Å². The Morgan fingerprint density at radius 1 is 1.53 bits per heavy atom. The first-order chi connectivity index (χ1) is 8.97. The highest BCUT2D eigenvalue weighted by atomic mass is 32.2. The highest BCUT2D eigenvalue weighted by Gasteiger charge is 2.30. The van der Waals surface area contributed by atoms with Crippen LogP contribution in [0, 0.1) is 12.8 Å². The number of phenols is 1. The summed E-state index contributed by atoms with van der Waals surface area (Å²) in [6, 6.07) is 5.17. The smallest absolute Gasteiger partial charge is 0.227 e. The number of nitrogens with zero attached hydrogens (tertiary/aromatic N) is 1. The fraction of sp³-hybridized carbons (Fsp3) is 0.429. The van der Waals surface area contributed by atoms with Crippen molar-refractivity contribution < 1.29 is 14.7 Å². The van der Waals surface area contributed by atoms with Crippen LogP contribution < -0.4 is 4.90 Å². The Balaban J connectivity index is 2.07. The van der Waals surface area contributed by atoms with Gasteiger partial charge in [0.15, 0.2) is 5.12 Å². The van der Waals surface area contributed by atoms with Crippen LogP contribution in [0.2, 0.25) is 0 Å². The Morgan fingerprint density at radius 3 is 2.89 bits per heavy atom. The number of anilines is 1. The van der Waals surface area contributed by atoms with Gasteiger partial charge in [-0.2, -0.15) is 0 Å². The Kier molecular flexibility index (Phi) is 4.14. The second-order valence-corrected chi connectivity index (χ2v) is 6.04. The molecule has 1 unspecified atom stereocenters. The van der Waals surface area contributed by atoms with Crippen molar-refractivity contribution >= 4 is 28.5 Å². The Morgan fingerprint density at radius 2 is 2.26 bits per heavy atom. The lowest BCUT2D eigenvalue weighted by Gasteiger charge is -2.17. The number of amides is 1. The number of hydrogen-bond acceptors (Lipinski definition) is 4. The molecule has 5 heteroatoms. The number of carbonyl (C=O) groups is 2. The van der Waals surface area contributed by atoms with Crippen LogP contribution in [0.4, 0.5) is 5.69 Å². The highest BCUT2D eigenvalue weighted by Crippen LogP contribution is 2.30. The Labute approximate surface area is 116 Å². The molecule has 0 aromatic heterocycles. The molecule has 1 fully saturated rings. The molecule has 1 heterocycles. The van der Waals surface area contributed by atoms with Gasteiger partial charge in [0, 0.05) is 31.3 Å². The molecule has 2 rings (SSSR count). The summed E-state index contributed by atoms with van der Waals surface area (Å²) in [6.45, 7) is 3.99. The monoisotopic (exact) mass is 279 g/mol. The van der Waals surface area contributed by atoms with Gasteiger partial charge in [-0.25, -0.2) is 0 Å². The number of aromatic hydroxyl groups is 1. The lowest BCUT2D eigenvalue weighted by atomic mass is 10.1. The van der Waals surface area contributed by atoms with E-state index in [0.29, 0.717) is 18.7 Å². The molecule has 1 aromatic carbocycles. The van der Waals surface area contributed by atoms with Gasteiger partial charge in [-0.3, -0.25) is 9.59 Å². The van der Waals surface area contributed by atoms with E-state index in [-0.39, 0.29) is 22.7 Å². The SMILES string of the molecule is CC(=O)SCC1CC(=O)N(c2ccc(O)c(C)c2)C1. The van der Waals surface area contributed by atoms with Crippen molar-refractivity contribution in [2.45, 2.75) is 20.3 Å². The third-order valence-corrected chi connectivity index (χ3v) is 4.26. The van der Waals surface area contributed by atoms with E-state index in [0.717, 1.165) is 11.3 Å². The quantitative estimate of drug-likeness (QED) is 0.922. The van der Waals surface area contributed by atoms with E-state index in [1.54, 1.807) is 24.0 Å². The highest BCUT2D eigenvalue weighted by molar-refractivity contribution is 8.13. The van der Waals surface area contributed by atoms with Crippen LogP contribution in [0.5, 0.6) is 5.75 Å². The zero-order valence-corrected chi connectivity index (χ0v) is 11.9. The lowest BCUT2D eigenvalue weighted by molar-refractivity contribution is -0.117. The molecule has 1 N–H and O–H groups in total. The van der Waals surface area contributed by atoms with E-state index >= 15 is 0 Å². The molecule has 4 nitrogen and oxygen atoms in total. The van der Waals surface area contributed by atoms with Gasteiger partial charge in [0.25, 0.3) is 0 Å². The van der Waals surface area contributed by atoms with Crippen LogP contribution in [-0.2, 0) is 9.59 Å². The zero-order valence-electron chi connectivity index (χ0n) is 11.0. The average Bonchev–Trinajstić information content (AvgIpc) is 2.72. The largest absolute Gasteiger partial charge is 0.508 e. The maximum atomic E-state index is 12.0. The van der Waals surface area contributed by atoms with Gasteiger partial charge < -0.3 is 10.0 Å². The van der Waals surface area contributed by atoms with Crippen LogP contribution in [0.1, 0.15) is 18.9 Å². The minimum absolute atomic E-state index is 0.0826. The van der Waals surface area contributed by atoms with Gasteiger partial charge in [0.2, 0.25) is 5.91 Å². The number of rotatable bonds is 3. The van der Waals surface area contributed by atoms with Crippen molar-refractivity contribution in [2.75, 3.05) is 17.2 Å². The number of hydrogen-bond donors (Lipinski definition) is 1. The van der Waals surface area contributed by atoms with E-state index in [4.69, 9.17) is 0 Å². The van der Waals surface area contributed by atoms with Crippen molar-refractivity contribution in [1.82, 2.24) is 0 Å². The molecule has 1 atom stereocenters. The van der Waals surface area contributed by atoms with Crippen LogP contribution in [0.3, 0.4) is 0 Å². The van der Waals surface area contributed by atoms with Crippen molar-refractivity contribution in [3.63, 3.8) is 0 Å². The standard InChI is InChI=1S/C14H17NO3S/c1-9-5-12(3-4-13(9)17)15-7-11(6-14(15)18)8-19-10(2)16/h3-5,11,17H,6-8H2,1-2H3. The minimum atomic E-state index is 0.0826. The summed E-state index contributed by atoms with van der Waals surface area (Å²) in [5, 5.41) is 9.59. The fourth-order valence-electron chi connectivity index (χ4n) is 2.19. The Bertz CT molecular complexity index is 515. The number of benzene rings is 1. The molecule has 19 heavy (non-hydrogen) atoms. The molecule has 0 aliphatic carbocycles. The van der Waals surface area contributed by atoms with E-state index in [9.17, 15) is 14.7 Å². The third kappa shape index (κ3) is 3.29. The zero-order chi connectivity index (χ0) is 14.0. The summed E-state index contributed by atoms with van der Waals surface area (Å²) < 4.78 is 0. The minimum Gasteiger partial charge on any atom is -0.508 e. The second kappa shape index (κ2) is 5.65. The van der Waals surface area contributed by atoms with Crippen molar-refractivity contribution in [2.24, 2.45) is 5.92 Å². The summed E-state index contributed by atoms with van der Waals surface area (Å²) in [6.07, 6.45) is 0.486. The number of phenolic OH excluding ortho intramolecular Hbond substituents is 1. The normalized spacial score (nSPS) is 18.9. The maximum Gasteiger partial charge on any atom is 0.227 e. The predicted molar refractivity (Wildman–Crippen MR) is 76.4 cm³/mol. The van der Waals surface area contributed by atoms with Gasteiger partial charge in [0.05, 0.1) is 0 Å². The maximum absolute atomic E-state index is 12.0. The lowest BCUT2D eigenvalue weighted by Crippen LogP contribution is -2.24. The molecule has 102 valence electrons. The number of aryl methyl sites for hydroxylation is 1. The molecule has 0 spiro atoms. The predicted octanol–water partition coefficient (Wildman–Crippen LogP) is 2.33. The van der Waals surface area contributed by atoms with Crippen LogP contribution in [0.15, 0.2) is 18.2 Å². The summed E-state index contributed by atoms with van der Waals surface area (Å²) in [4.78, 5) is 24.7. The molecule has 1 aromatic rings. The molecule has 0 radical (unpaired) electrons. The van der Waals surface area contributed by atoms with Gasteiger partial charge >= 0.3 is 0 Å². The number of thioether (sulfide) groups is 1. The molecular weight excluding hydrogens is 262 g/mol. The molecule has 0 bridgehead atoms. The van der Waals surface area contributed by atoms with Crippen LogP contribution in [-0.4, -0.2) is 28.4 Å². The summed E-state index contributed by atoms with van der Waals surface area (Å²) in [5.41, 5.74) is 1.57. The average molecular weight is 279 g/mol. The van der Waals surface area contributed by atoms with Gasteiger partial charge in [-0.05, 0) is 36.6 Å². The van der Waals surface area contributed by atoms with E-state index in [2.05, 4.69) is 0 Å². The van der Waals surface area contributed by atoms with Crippen LogP contribution >= 0.6 is 11.8 Å². The second-order valence-electron chi connectivity index (χ2n) is 4.85. The molecule has 1 aliphatic heterocycles. The first-order valence-corrected chi connectivity index (χ1v) is 7.19. The van der Waals surface area contributed by atoms with Gasteiger partial charge in [-0.15, -0.1) is 0 Å². The summed E-state index contributed by atoms with van der Waals surface area (Å²) in [5.74, 6) is 1.23. The van der Waals surface area contributed by atoms with Crippen molar-refractivity contribution in [3.05, 3.63) is 23.8 Å². The molecule has 1 amide bonds. The molecule has 1 saturated heterocycles. The summed E-state index contributed by atoms with van der Waals surface area (Å²) in [7, 11) is 0. The first kappa shape index (κ1) is 13.9. The first-order valence-electron chi connectivity index (χ1n) is 6.20. The van der Waals surface area contributed by atoms with Crippen molar-refractivity contribution in [1.29, 1.82) is 0 Å². The Hall–Kier alpha value is -1.49. The molecule has 1 aliphatic rings. The fourth-order valence-corrected chi connectivity index (χ4v) is 2.88. The summed E-state index contributed by atoms with van der Waals surface area (Å²) >= 11 is 1.28. The topological polar surface area (TPSA) is 57.6 Å². The van der Waals surface area contributed by atoms with E-state index in [1.165, 1.54) is 11.8 Å². The van der Waals surface area contributed by atoms with Gasteiger partial charge in [0.1, 0.15) is 5.75 Å². The third-order valence-electron chi connectivity index (χ3n) is 3.22.